The van der Waals surface area contributed by atoms with Gasteiger partial charge in [0.2, 0.25) is 0 Å². The van der Waals surface area contributed by atoms with Crippen LogP contribution in [0, 0.1) is 5.82 Å². The van der Waals surface area contributed by atoms with Crippen LogP contribution in [0.4, 0.5) is 4.39 Å². The summed E-state index contributed by atoms with van der Waals surface area (Å²) in [5.41, 5.74) is 1.78. The van der Waals surface area contributed by atoms with Gasteiger partial charge >= 0.3 is 0 Å². The zero-order chi connectivity index (χ0) is 9.97. The van der Waals surface area contributed by atoms with Crippen LogP contribution in [0.1, 0.15) is 5.56 Å². The molecule has 1 heterocycles. The van der Waals surface area contributed by atoms with Crippen LogP contribution in [0.2, 0.25) is 0 Å². The molecule has 0 saturated carbocycles. The number of aliphatic hydroxyl groups is 1. The average Bonchev–Trinajstić information content (AvgIpc) is 2.70. The number of nitrogens with zero attached hydrogens (tertiary/aromatic N) is 1. The average molecular weight is 192 g/mol. The van der Waals surface area contributed by atoms with E-state index in [4.69, 9.17) is 5.11 Å². The van der Waals surface area contributed by atoms with Crippen LogP contribution in [0.5, 0.6) is 0 Å². The summed E-state index contributed by atoms with van der Waals surface area (Å²) in [4.78, 5) is 0. The largest absolute Gasteiger partial charge is 0.392 e. The highest BCUT2D eigenvalue weighted by Gasteiger charge is 2.04. The van der Waals surface area contributed by atoms with E-state index in [1.807, 2.05) is 0 Å². The highest BCUT2D eigenvalue weighted by molar-refractivity contribution is 5.58. The van der Waals surface area contributed by atoms with Gasteiger partial charge in [0.1, 0.15) is 5.82 Å². The molecule has 0 aliphatic heterocycles. The van der Waals surface area contributed by atoms with Gasteiger partial charge in [-0.15, -0.1) is 0 Å². The fourth-order valence-electron chi connectivity index (χ4n) is 1.26. The van der Waals surface area contributed by atoms with Gasteiger partial charge in [-0.05, 0) is 12.1 Å². The van der Waals surface area contributed by atoms with Crippen LogP contribution in [0.25, 0.3) is 11.3 Å². The molecule has 2 N–H and O–H groups in total. The summed E-state index contributed by atoms with van der Waals surface area (Å²) in [6.45, 7) is -0.283. The lowest BCUT2D eigenvalue weighted by Crippen LogP contribution is -1.90. The van der Waals surface area contributed by atoms with Crippen molar-refractivity contribution in [1.29, 1.82) is 0 Å². The molecule has 3 nitrogen and oxygen atoms in total. The van der Waals surface area contributed by atoms with Crippen LogP contribution >= 0.6 is 0 Å². The Morgan fingerprint density at radius 2 is 2.21 bits per heavy atom. The minimum Gasteiger partial charge on any atom is -0.392 e. The highest BCUT2D eigenvalue weighted by Crippen LogP contribution is 2.19. The molecular weight excluding hydrogens is 183 g/mol. The smallest absolute Gasteiger partial charge is 0.129 e. The van der Waals surface area contributed by atoms with E-state index in [9.17, 15) is 4.39 Å². The molecule has 0 radical (unpaired) electrons. The predicted molar refractivity (Wildman–Crippen MR) is 49.9 cm³/mol. The second-order valence-electron chi connectivity index (χ2n) is 2.93. The Kier molecular flexibility index (Phi) is 2.28. The van der Waals surface area contributed by atoms with Crippen molar-refractivity contribution in [1.82, 2.24) is 10.2 Å². The van der Waals surface area contributed by atoms with Crippen LogP contribution in [-0.4, -0.2) is 15.3 Å². The van der Waals surface area contributed by atoms with Crippen molar-refractivity contribution in [2.24, 2.45) is 0 Å². The molecule has 14 heavy (non-hydrogen) atoms. The molecule has 72 valence electrons. The van der Waals surface area contributed by atoms with Gasteiger partial charge in [-0.1, -0.05) is 12.1 Å². The van der Waals surface area contributed by atoms with E-state index in [2.05, 4.69) is 10.2 Å². The third-order valence-corrected chi connectivity index (χ3v) is 2.04. The molecule has 0 amide bonds. The Morgan fingerprint density at radius 1 is 1.36 bits per heavy atom. The Morgan fingerprint density at radius 3 is 2.79 bits per heavy atom. The summed E-state index contributed by atoms with van der Waals surface area (Å²) in [6.07, 6.45) is 1.60. The number of nitrogens with one attached hydrogen (secondary N) is 1. The third kappa shape index (κ3) is 1.52. The van der Waals surface area contributed by atoms with E-state index in [1.165, 1.54) is 6.07 Å². The van der Waals surface area contributed by atoms with Crippen molar-refractivity contribution in [2.45, 2.75) is 6.61 Å². The quantitative estimate of drug-likeness (QED) is 0.760. The van der Waals surface area contributed by atoms with Crippen molar-refractivity contribution < 1.29 is 9.50 Å². The fourth-order valence-corrected chi connectivity index (χ4v) is 1.26. The summed E-state index contributed by atoms with van der Waals surface area (Å²) in [5.74, 6) is -0.403. The minimum atomic E-state index is -0.403. The molecule has 0 fully saturated rings. The molecule has 2 rings (SSSR count). The summed E-state index contributed by atoms with van der Waals surface area (Å²) in [7, 11) is 0. The first kappa shape index (κ1) is 8.90. The number of aromatic nitrogens is 2. The molecule has 0 aliphatic carbocycles. The number of benzene rings is 1. The molecule has 0 atom stereocenters. The number of aliphatic hydroxyl groups excluding tert-OH is 1. The van der Waals surface area contributed by atoms with E-state index in [0.717, 1.165) is 11.3 Å². The number of H-pyrrole nitrogens is 1. The first-order valence-corrected chi connectivity index (χ1v) is 4.20. The Labute approximate surface area is 80.2 Å². The Balaban J connectivity index is 2.43. The van der Waals surface area contributed by atoms with Gasteiger partial charge in [-0.2, -0.15) is 5.10 Å². The molecule has 0 bridgehead atoms. The van der Waals surface area contributed by atoms with E-state index in [0.29, 0.717) is 5.56 Å². The maximum atomic E-state index is 13.2. The van der Waals surface area contributed by atoms with Gasteiger partial charge in [0, 0.05) is 17.3 Å². The molecule has 1 aromatic heterocycles. The second kappa shape index (κ2) is 3.59. The minimum absolute atomic E-state index is 0.283. The van der Waals surface area contributed by atoms with Crippen LogP contribution in [-0.2, 0) is 6.61 Å². The summed E-state index contributed by atoms with van der Waals surface area (Å²) < 4.78 is 13.2. The molecule has 0 unspecified atom stereocenters. The first-order chi connectivity index (χ1) is 6.81. The van der Waals surface area contributed by atoms with E-state index in [-0.39, 0.29) is 6.61 Å². The lowest BCUT2D eigenvalue weighted by atomic mass is 10.1. The molecular formula is C10H9FN2O. The van der Waals surface area contributed by atoms with Crippen LogP contribution < -0.4 is 0 Å². The van der Waals surface area contributed by atoms with Gasteiger partial charge in [-0.3, -0.25) is 5.10 Å². The number of hydrogen-bond donors (Lipinski definition) is 2. The maximum Gasteiger partial charge on any atom is 0.129 e. The van der Waals surface area contributed by atoms with E-state index >= 15 is 0 Å². The molecule has 0 saturated heterocycles. The number of rotatable bonds is 2. The van der Waals surface area contributed by atoms with Crippen molar-refractivity contribution in [2.75, 3.05) is 0 Å². The van der Waals surface area contributed by atoms with Crippen molar-refractivity contribution >= 4 is 0 Å². The molecule has 4 heteroatoms. The summed E-state index contributed by atoms with van der Waals surface area (Å²) >= 11 is 0. The topological polar surface area (TPSA) is 48.9 Å². The molecule has 0 aliphatic rings. The maximum absolute atomic E-state index is 13.2. The fraction of sp³-hybridized carbons (Fsp3) is 0.100. The lowest BCUT2D eigenvalue weighted by Gasteiger charge is -2.01. The van der Waals surface area contributed by atoms with E-state index < -0.39 is 5.82 Å². The first-order valence-electron chi connectivity index (χ1n) is 4.20. The van der Waals surface area contributed by atoms with Crippen molar-refractivity contribution in [3.63, 3.8) is 0 Å². The SMILES string of the molecule is OCc1ccc(-c2ccn[nH]2)cc1F. The number of aromatic amines is 1. The zero-order valence-electron chi connectivity index (χ0n) is 7.37. The molecule has 1 aromatic carbocycles. The van der Waals surface area contributed by atoms with Gasteiger partial charge in [0.25, 0.3) is 0 Å². The highest BCUT2D eigenvalue weighted by atomic mass is 19.1. The Bertz CT molecular complexity index is 426. The number of halogens is 1. The standard InChI is InChI=1S/C10H9FN2O/c11-9-5-7(1-2-8(9)6-14)10-3-4-12-13-10/h1-5,14H,6H2,(H,12,13). The van der Waals surface area contributed by atoms with Gasteiger partial charge in [0.15, 0.2) is 0 Å². The summed E-state index contributed by atoms with van der Waals surface area (Å²) in [6, 6.07) is 6.43. The second-order valence-corrected chi connectivity index (χ2v) is 2.93. The van der Waals surface area contributed by atoms with Gasteiger partial charge < -0.3 is 5.11 Å². The van der Waals surface area contributed by atoms with Gasteiger partial charge in [0.05, 0.1) is 12.3 Å². The van der Waals surface area contributed by atoms with Crippen molar-refractivity contribution in [3.8, 4) is 11.3 Å². The monoisotopic (exact) mass is 192 g/mol. The number of hydrogen-bond acceptors (Lipinski definition) is 2. The van der Waals surface area contributed by atoms with Gasteiger partial charge in [-0.25, -0.2) is 4.39 Å². The van der Waals surface area contributed by atoms with E-state index in [1.54, 1.807) is 24.4 Å². The molecule has 0 spiro atoms. The molecule has 2 aromatic rings. The lowest BCUT2D eigenvalue weighted by molar-refractivity contribution is 0.276. The zero-order valence-corrected chi connectivity index (χ0v) is 7.37. The predicted octanol–water partition coefficient (Wildman–Crippen LogP) is 1.71. The summed E-state index contributed by atoms with van der Waals surface area (Å²) in [5, 5.41) is 15.3. The third-order valence-electron chi connectivity index (χ3n) is 2.04. The van der Waals surface area contributed by atoms with Crippen LogP contribution in [0.15, 0.2) is 30.5 Å². The van der Waals surface area contributed by atoms with Crippen molar-refractivity contribution in [3.05, 3.63) is 41.8 Å². The normalized spacial score (nSPS) is 10.4. The van der Waals surface area contributed by atoms with Crippen LogP contribution in [0.3, 0.4) is 0 Å². The Hall–Kier alpha value is -1.68.